The van der Waals surface area contributed by atoms with Crippen molar-refractivity contribution < 1.29 is 34.5 Å². The summed E-state index contributed by atoms with van der Waals surface area (Å²) in [5.74, 6) is -3.81. The summed E-state index contributed by atoms with van der Waals surface area (Å²) in [6, 6.07) is 4.63. The number of hydrogen-bond acceptors (Lipinski definition) is 6. The highest BCUT2D eigenvalue weighted by Gasteiger charge is 2.29. The lowest BCUT2D eigenvalue weighted by Crippen LogP contribution is -2.47. The maximum absolute atomic E-state index is 10.9. The average Bonchev–Trinajstić information content (AvgIpc) is 2.44. The van der Waals surface area contributed by atoms with Gasteiger partial charge in [0.1, 0.15) is 17.4 Å². The zero-order valence-corrected chi connectivity index (χ0v) is 13.4. The largest absolute Gasteiger partial charge is 0.507 e. The Kier molecular flexibility index (Phi) is 8.41. The van der Waals surface area contributed by atoms with Crippen molar-refractivity contribution >= 4 is 36.4 Å². The third kappa shape index (κ3) is 6.39. The fourth-order valence-electron chi connectivity index (χ4n) is 1.59. The molecule has 0 aliphatic carbocycles. The number of carboxylic acid groups (broad SMARTS) is 2. The molecule has 3 N–H and O–H groups in total. The summed E-state index contributed by atoms with van der Waals surface area (Å²) in [7, 11) is 0. The van der Waals surface area contributed by atoms with Gasteiger partial charge in [-0.05, 0) is 12.1 Å². The number of nitrogens with zero attached hydrogens (tertiary/aromatic N) is 1. The lowest BCUT2D eigenvalue weighted by Gasteiger charge is -2.23. The smallest absolute Gasteiger partial charge is 0.339 e. The number of thiol groups is 1. The van der Waals surface area contributed by atoms with E-state index in [4.69, 9.17) is 15.3 Å². The average molecular weight is 343 g/mol. The zero-order valence-electron chi connectivity index (χ0n) is 12.5. The van der Waals surface area contributed by atoms with Crippen LogP contribution in [0.3, 0.4) is 0 Å². The van der Waals surface area contributed by atoms with Gasteiger partial charge in [0.2, 0.25) is 11.8 Å². The molecule has 0 aliphatic rings. The van der Waals surface area contributed by atoms with Crippen molar-refractivity contribution in [1.82, 2.24) is 4.90 Å². The number of aliphatic carboxylic acids is 1. The summed E-state index contributed by atoms with van der Waals surface area (Å²) in [6.07, 6.45) is 0. The summed E-state index contributed by atoms with van der Waals surface area (Å²) in [4.78, 5) is 43.3. The van der Waals surface area contributed by atoms with Crippen LogP contribution in [0.4, 0.5) is 0 Å². The van der Waals surface area contributed by atoms with Crippen LogP contribution in [0.15, 0.2) is 24.3 Å². The van der Waals surface area contributed by atoms with Gasteiger partial charge in [0.05, 0.1) is 0 Å². The molecule has 0 aromatic heterocycles. The van der Waals surface area contributed by atoms with Gasteiger partial charge in [0.15, 0.2) is 0 Å². The number of carbonyl (C=O) groups excluding carboxylic acids is 2. The van der Waals surface area contributed by atoms with Gasteiger partial charge in [-0.1, -0.05) is 12.1 Å². The minimum Gasteiger partial charge on any atom is -0.507 e. The van der Waals surface area contributed by atoms with Gasteiger partial charge in [-0.15, -0.1) is 0 Å². The van der Waals surface area contributed by atoms with E-state index >= 15 is 0 Å². The van der Waals surface area contributed by atoms with E-state index in [-0.39, 0.29) is 17.1 Å². The Morgan fingerprint density at radius 2 is 1.57 bits per heavy atom. The van der Waals surface area contributed by atoms with Crippen molar-refractivity contribution in [2.75, 3.05) is 5.75 Å². The predicted molar refractivity (Wildman–Crippen MR) is 83.5 cm³/mol. The number of aromatic hydroxyl groups is 1. The molecule has 0 saturated carbocycles. The quantitative estimate of drug-likeness (QED) is 0.596. The fraction of sp³-hybridized carbons (Fsp3) is 0.286. The van der Waals surface area contributed by atoms with Crippen molar-refractivity contribution in [3.8, 4) is 5.75 Å². The van der Waals surface area contributed by atoms with Crippen molar-refractivity contribution in [2.45, 2.75) is 19.9 Å². The van der Waals surface area contributed by atoms with E-state index in [2.05, 4.69) is 12.6 Å². The van der Waals surface area contributed by atoms with E-state index in [0.29, 0.717) is 4.90 Å². The number of rotatable bonds is 4. The number of para-hydroxylation sites is 1. The molecule has 0 aliphatic heterocycles. The van der Waals surface area contributed by atoms with Crippen molar-refractivity contribution in [3.63, 3.8) is 0 Å². The first-order valence-corrected chi connectivity index (χ1v) is 6.92. The van der Waals surface area contributed by atoms with Crippen LogP contribution in [0.25, 0.3) is 0 Å². The molecule has 23 heavy (non-hydrogen) atoms. The summed E-state index contributed by atoms with van der Waals surface area (Å²) in [6.45, 7) is 2.28. The molecule has 0 heterocycles. The molecule has 1 rings (SSSR count). The summed E-state index contributed by atoms with van der Waals surface area (Å²) < 4.78 is 0. The first-order valence-electron chi connectivity index (χ1n) is 6.28. The first-order chi connectivity index (χ1) is 10.6. The standard InChI is InChI=1S/C7H11NO4S.C7H6O3/c1-4(9)8(5(2)10)6(3-13)7(11)12;8-6-4-2-1-3-5(6)7(9)10/h6,13H,3H2,1-2H3,(H,11,12);1-4,8H,(H,9,10)/t6-;/m0./s1. The van der Waals surface area contributed by atoms with Gasteiger partial charge in [-0.3, -0.25) is 14.5 Å². The van der Waals surface area contributed by atoms with Crippen LogP contribution >= 0.6 is 12.6 Å². The van der Waals surface area contributed by atoms with E-state index in [1.807, 2.05) is 0 Å². The molecule has 126 valence electrons. The monoisotopic (exact) mass is 343 g/mol. The highest BCUT2D eigenvalue weighted by Crippen LogP contribution is 2.14. The lowest BCUT2D eigenvalue weighted by molar-refractivity contribution is -0.155. The van der Waals surface area contributed by atoms with Gasteiger partial charge in [-0.25, -0.2) is 9.59 Å². The Morgan fingerprint density at radius 1 is 1.09 bits per heavy atom. The third-order valence-corrected chi connectivity index (χ3v) is 2.93. The van der Waals surface area contributed by atoms with E-state index < -0.39 is 29.8 Å². The molecule has 8 nitrogen and oxygen atoms in total. The number of imide groups is 1. The molecule has 1 aromatic carbocycles. The second-order valence-electron chi connectivity index (χ2n) is 4.27. The Balaban J connectivity index is 0.000000433. The van der Waals surface area contributed by atoms with Gasteiger partial charge < -0.3 is 15.3 Å². The number of phenols is 1. The van der Waals surface area contributed by atoms with Crippen LogP contribution in [0.1, 0.15) is 24.2 Å². The van der Waals surface area contributed by atoms with Gasteiger partial charge >= 0.3 is 11.9 Å². The minimum atomic E-state index is -1.24. The highest BCUT2D eigenvalue weighted by atomic mass is 32.1. The SMILES string of the molecule is CC(=O)N(C(C)=O)[C@@H](CS)C(=O)O.O=C(O)c1ccccc1O. The second-order valence-corrected chi connectivity index (χ2v) is 4.63. The van der Waals surface area contributed by atoms with Crippen LogP contribution in [0.5, 0.6) is 5.75 Å². The second kappa shape index (κ2) is 9.46. The molecule has 0 unspecified atom stereocenters. The highest BCUT2D eigenvalue weighted by molar-refractivity contribution is 7.80. The number of amides is 2. The molecular formula is C14H17NO7S. The molecule has 1 aromatic rings. The van der Waals surface area contributed by atoms with Crippen molar-refractivity contribution in [3.05, 3.63) is 29.8 Å². The molecule has 2 amide bonds. The molecule has 0 radical (unpaired) electrons. The molecule has 0 spiro atoms. The topological polar surface area (TPSA) is 132 Å². The van der Waals surface area contributed by atoms with Crippen molar-refractivity contribution in [2.24, 2.45) is 0 Å². The van der Waals surface area contributed by atoms with E-state index in [9.17, 15) is 19.2 Å². The van der Waals surface area contributed by atoms with Crippen molar-refractivity contribution in [1.29, 1.82) is 0 Å². The van der Waals surface area contributed by atoms with Crippen LogP contribution in [0.2, 0.25) is 0 Å². The Morgan fingerprint density at radius 3 is 1.78 bits per heavy atom. The lowest BCUT2D eigenvalue weighted by atomic mass is 10.2. The Hall–Kier alpha value is -2.55. The van der Waals surface area contributed by atoms with E-state index in [1.165, 1.54) is 12.1 Å². The van der Waals surface area contributed by atoms with Crippen LogP contribution in [-0.2, 0) is 14.4 Å². The van der Waals surface area contributed by atoms with E-state index in [0.717, 1.165) is 13.8 Å². The zero-order chi connectivity index (χ0) is 18.2. The molecular weight excluding hydrogens is 326 g/mol. The third-order valence-electron chi connectivity index (χ3n) is 2.58. The molecule has 0 saturated heterocycles. The van der Waals surface area contributed by atoms with Gasteiger partial charge in [0, 0.05) is 19.6 Å². The summed E-state index contributed by atoms with van der Waals surface area (Å²) in [5.41, 5.74) is -0.0671. The van der Waals surface area contributed by atoms with Gasteiger partial charge in [0.25, 0.3) is 0 Å². The number of benzene rings is 1. The van der Waals surface area contributed by atoms with E-state index in [1.54, 1.807) is 12.1 Å². The first kappa shape index (κ1) is 20.5. The maximum atomic E-state index is 10.9. The fourth-order valence-corrected chi connectivity index (χ4v) is 1.90. The number of hydrogen-bond donors (Lipinski definition) is 4. The van der Waals surface area contributed by atoms with Crippen LogP contribution in [0, 0.1) is 0 Å². The minimum absolute atomic E-state index is 0.0671. The van der Waals surface area contributed by atoms with Crippen LogP contribution < -0.4 is 0 Å². The van der Waals surface area contributed by atoms with Crippen LogP contribution in [-0.4, -0.2) is 55.8 Å². The number of carbonyl (C=O) groups is 4. The molecule has 1 atom stereocenters. The predicted octanol–water partition coefficient (Wildman–Crippen LogP) is 0.855. The summed E-state index contributed by atoms with van der Waals surface area (Å²) in [5, 5.41) is 26.0. The molecule has 9 heteroatoms. The summed E-state index contributed by atoms with van der Waals surface area (Å²) >= 11 is 3.76. The van der Waals surface area contributed by atoms with Gasteiger partial charge in [-0.2, -0.15) is 12.6 Å². The molecule has 0 bridgehead atoms. The Labute approximate surface area is 137 Å². The maximum Gasteiger partial charge on any atom is 0.339 e. The molecule has 0 fully saturated rings. The number of aromatic carboxylic acids is 1. The normalized spacial score (nSPS) is 10.7. The number of carboxylic acids is 2. The Bertz CT molecular complexity index is 589.